The molecule has 4 atom stereocenters. The fourth-order valence-electron chi connectivity index (χ4n) is 4.31. The number of likely N-dealkylation sites (N-methyl/N-ethyl adjacent to an activating group) is 1. The van der Waals surface area contributed by atoms with Gasteiger partial charge in [0.15, 0.2) is 0 Å². The Morgan fingerprint density at radius 3 is 2.70 bits per heavy atom. The van der Waals surface area contributed by atoms with E-state index in [1.165, 1.54) is 6.92 Å². The summed E-state index contributed by atoms with van der Waals surface area (Å²) in [6, 6.07) is 2.36. The lowest BCUT2D eigenvalue weighted by Gasteiger charge is -2.37. The number of ether oxygens (including phenoxy) is 1. The van der Waals surface area contributed by atoms with E-state index < -0.39 is 23.6 Å². The van der Waals surface area contributed by atoms with E-state index in [9.17, 15) is 14.4 Å². The second-order valence-electron chi connectivity index (χ2n) is 9.77. The Labute approximate surface area is 194 Å². The van der Waals surface area contributed by atoms with E-state index in [0.29, 0.717) is 19.4 Å². The summed E-state index contributed by atoms with van der Waals surface area (Å²) < 4.78 is 5.61. The average Bonchev–Trinajstić information content (AvgIpc) is 3.34. The minimum Gasteiger partial charge on any atom is -0.460 e. The van der Waals surface area contributed by atoms with Crippen molar-refractivity contribution in [2.75, 3.05) is 13.6 Å². The molecule has 180 valence electrons. The van der Waals surface area contributed by atoms with Crippen LogP contribution in [0.15, 0.2) is 24.5 Å². The van der Waals surface area contributed by atoms with Gasteiger partial charge in [0.05, 0.1) is 12.1 Å². The number of aromatic nitrogens is 2. The SMILES string of the molecule is CN[C@@H](C)C(=O)N[C@H](C(=O)N1CC[C@H](OC(C)=O)[C@H]1Cc1c[nH]c2ncccc12)C(C)(C)C. The zero-order valence-corrected chi connectivity index (χ0v) is 20.3. The fraction of sp³-hybridized carbons (Fsp3) is 0.583. The predicted molar refractivity (Wildman–Crippen MR) is 125 cm³/mol. The van der Waals surface area contributed by atoms with Crippen molar-refractivity contribution in [2.24, 2.45) is 5.41 Å². The molecule has 33 heavy (non-hydrogen) atoms. The number of rotatable bonds is 7. The Hall–Kier alpha value is -2.94. The molecule has 3 N–H and O–H groups in total. The predicted octanol–water partition coefficient (Wildman–Crippen LogP) is 1.78. The normalized spacial score (nSPS) is 20.5. The van der Waals surface area contributed by atoms with Crippen LogP contribution in [0, 0.1) is 5.41 Å². The molecule has 3 rings (SSSR count). The van der Waals surface area contributed by atoms with Crippen molar-refractivity contribution in [3.63, 3.8) is 0 Å². The number of H-pyrrole nitrogens is 1. The van der Waals surface area contributed by atoms with Crippen molar-refractivity contribution in [1.82, 2.24) is 25.5 Å². The summed E-state index contributed by atoms with van der Waals surface area (Å²) in [5.74, 6) is -0.777. The highest BCUT2D eigenvalue weighted by molar-refractivity contribution is 5.90. The third kappa shape index (κ3) is 5.52. The van der Waals surface area contributed by atoms with Crippen LogP contribution in [-0.2, 0) is 25.5 Å². The minimum absolute atomic E-state index is 0.170. The second-order valence-corrected chi connectivity index (χ2v) is 9.77. The number of carbonyl (C=O) groups excluding carboxylic acids is 3. The lowest BCUT2D eigenvalue weighted by atomic mass is 9.85. The van der Waals surface area contributed by atoms with E-state index in [2.05, 4.69) is 20.6 Å². The molecule has 0 spiro atoms. The van der Waals surface area contributed by atoms with E-state index in [1.54, 1.807) is 25.1 Å². The van der Waals surface area contributed by atoms with Crippen molar-refractivity contribution in [3.8, 4) is 0 Å². The maximum Gasteiger partial charge on any atom is 0.302 e. The Morgan fingerprint density at radius 2 is 2.06 bits per heavy atom. The molecule has 0 saturated carbocycles. The number of fused-ring (bicyclic) bond motifs is 1. The van der Waals surface area contributed by atoms with Gasteiger partial charge in [-0.3, -0.25) is 14.4 Å². The van der Waals surface area contributed by atoms with Gasteiger partial charge in [-0.1, -0.05) is 20.8 Å². The fourth-order valence-corrected chi connectivity index (χ4v) is 4.31. The van der Waals surface area contributed by atoms with Gasteiger partial charge in [-0.15, -0.1) is 0 Å². The number of aromatic amines is 1. The van der Waals surface area contributed by atoms with E-state index in [-0.39, 0.29) is 23.8 Å². The number of nitrogens with zero attached hydrogens (tertiary/aromatic N) is 2. The highest BCUT2D eigenvalue weighted by Gasteiger charge is 2.44. The molecule has 1 aliphatic heterocycles. The number of hydrogen-bond acceptors (Lipinski definition) is 6. The zero-order chi connectivity index (χ0) is 24.3. The largest absolute Gasteiger partial charge is 0.460 e. The smallest absolute Gasteiger partial charge is 0.302 e. The first-order valence-electron chi connectivity index (χ1n) is 11.4. The molecule has 0 bridgehead atoms. The summed E-state index contributed by atoms with van der Waals surface area (Å²) >= 11 is 0. The monoisotopic (exact) mass is 457 g/mol. The van der Waals surface area contributed by atoms with Crippen LogP contribution >= 0.6 is 0 Å². The Kier molecular flexibility index (Phi) is 7.41. The summed E-state index contributed by atoms with van der Waals surface area (Å²) in [4.78, 5) is 47.5. The second kappa shape index (κ2) is 9.91. The first-order chi connectivity index (χ1) is 15.5. The number of esters is 1. The highest BCUT2D eigenvalue weighted by atomic mass is 16.5. The maximum atomic E-state index is 13.8. The number of carbonyl (C=O) groups is 3. The maximum absolute atomic E-state index is 13.8. The van der Waals surface area contributed by atoms with Gasteiger partial charge in [0.25, 0.3) is 0 Å². The first kappa shape index (κ1) is 24.7. The molecule has 3 heterocycles. The molecule has 0 unspecified atom stereocenters. The number of hydrogen-bond donors (Lipinski definition) is 3. The summed E-state index contributed by atoms with van der Waals surface area (Å²) in [6.45, 7) is 9.38. The Morgan fingerprint density at radius 1 is 1.33 bits per heavy atom. The van der Waals surface area contributed by atoms with Crippen molar-refractivity contribution in [2.45, 2.75) is 71.7 Å². The van der Waals surface area contributed by atoms with E-state index in [1.807, 2.05) is 39.1 Å². The lowest BCUT2D eigenvalue weighted by molar-refractivity contribution is -0.150. The quantitative estimate of drug-likeness (QED) is 0.546. The van der Waals surface area contributed by atoms with Crippen LogP contribution in [0.25, 0.3) is 11.0 Å². The van der Waals surface area contributed by atoms with Crippen LogP contribution in [0.2, 0.25) is 0 Å². The standard InChI is InChI=1S/C24H35N5O4/c1-14(25-6)22(31)28-20(24(3,4)5)23(32)29-11-9-19(33-15(2)30)18(29)12-16-13-27-21-17(16)8-7-10-26-21/h7-8,10,13-14,18-20,25H,9,11-12H2,1-6H3,(H,26,27)(H,28,31)/t14-,18+,19-,20+/m0/s1. The van der Waals surface area contributed by atoms with Crippen LogP contribution < -0.4 is 10.6 Å². The molecule has 1 aliphatic rings. The Bertz CT molecular complexity index is 1010. The molecule has 2 aromatic heterocycles. The highest BCUT2D eigenvalue weighted by Crippen LogP contribution is 2.30. The third-order valence-electron chi connectivity index (χ3n) is 6.28. The molecule has 9 nitrogen and oxygen atoms in total. The van der Waals surface area contributed by atoms with Gasteiger partial charge in [-0.05, 0) is 43.5 Å². The topological polar surface area (TPSA) is 116 Å². The molecule has 1 saturated heterocycles. The van der Waals surface area contributed by atoms with Gasteiger partial charge in [0.2, 0.25) is 11.8 Å². The minimum atomic E-state index is -0.719. The van der Waals surface area contributed by atoms with Crippen molar-refractivity contribution in [3.05, 3.63) is 30.1 Å². The lowest BCUT2D eigenvalue weighted by Crippen LogP contribution is -2.59. The van der Waals surface area contributed by atoms with Gasteiger partial charge >= 0.3 is 5.97 Å². The summed E-state index contributed by atoms with van der Waals surface area (Å²) in [7, 11) is 1.70. The molecule has 1 fully saturated rings. The van der Waals surface area contributed by atoms with Crippen LogP contribution in [0.4, 0.5) is 0 Å². The third-order valence-corrected chi connectivity index (χ3v) is 6.28. The molecule has 0 aromatic carbocycles. The van der Waals surface area contributed by atoms with Crippen LogP contribution in [0.5, 0.6) is 0 Å². The van der Waals surface area contributed by atoms with Gasteiger partial charge in [0, 0.05) is 37.7 Å². The molecule has 0 radical (unpaired) electrons. The first-order valence-corrected chi connectivity index (χ1v) is 11.4. The number of likely N-dealkylation sites (tertiary alicyclic amines) is 1. The van der Waals surface area contributed by atoms with Crippen molar-refractivity contribution in [1.29, 1.82) is 0 Å². The summed E-state index contributed by atoms with van der Waals surface area (Å²) in [6.07, 6.45) is 4.25. The average molecular weight is 458 g/mol. The molecule has 9 heteroatoms. The van der Waals surface area contributed by atoms with E-state index in [0.717, 1.165) is 16.6 Å². The molecular weight excluding hydrogens is 422 g/mol. The van der Waals surface area contributed by atoms with Gasteiger partial charge in [0.1, 0.15) is 17.8 Å². The number of nitrogens with one attached hydrogen (secondary N) is 3. The molecule has 2 aromatic rings. The van der Waals surface area contributed by atoms with Gasteiger partial charge in [-0.25, -0.2) is 4.98 Å². The van der Waals surface area contributed by atoms with E-state index in [4.69, 9.17) is 4.74 Å². The van der Waals surface area contributed by atoms with Crippen molar-refractivity contribution < 1.29 is 19.1 Å². The van der Waals surface area contributed by atoms with Crippen molar-refractivity contribution >= 4 is 28.8 Å². The number of pyridine rings is 1. The molecular formula is C24H35N5O4. The van der Waals surface area contributed by atoms with Gasteiger partial charge in [-0.2, -0.15) is 0 Å². The van der Waals surface area contributed by atoms with Crippen LogP contribution in [0.3, 0.4) is 0 Å². The van der Waals surface area contributed by atoms with Gasteiger partial charge < -0.3 is 25.3 Å². The number of amides is 2. The molecule has 0 aliphatic carbocycles. The summed E-state index contributed by atoms with van der Waals surface area (Å²) in [5, 5.41) is 6.82. The van der Waals surface area contributed by atoms with Crippen LogP contribution in [0.1, 0.15) is 46.6 Å². The van der Waals surface area contributed by atoms with E-state index >= 15 is 0 Å². The zero-order valence-electron chi connectivity index (χ0n) is 20.3. The summed E-state index contributed by atoms with van der Waals surface area (Å²) in [5.41, 5.74) is 1.27. The molecule has 2 amide bonds. The Balaban J connectivity index is 1.91. The van der Waals surface area contributed by atoms with Crippen LogP contribution in [-0.4, -0.2) is 70.5 Å².